The molecule has 7 nitrogen and oxygen atoms in total. The van der Waals surface area contributed by atoms with Crippen LogP contribution >= 0.6 is 0 Å². The highest BCUT2D eigenvalue weighted by Crippen LogP contribution is 2.16. The quantitative estimate of drug-likeness (QED) is 0.816. The fraction of sp³-hybridized carbons (Fsp3) is 0.615. The molecule has 0 aliphatic rings. The lowest BCUT2D eigenvalue weighted by Gasteiger charge is -2.19. The first-order chi connectivity index (χ1) is 9.24. The molecule has 110 valence electrons. The van der Waals surface area contributed by atoms with E-state index >= 15 is 0 Å². The van der Waals surface area contributed by atoms with E-state index in [0.717, 1.165) is 0 Å². The molecular formula is C13H21N5O2. The first-order valence-electron chi connectivity index (χ1n) is 6.39. The maximum Gasteiger partial charge on any atom is 0.407 e. The smallest absolute Gasteiger partial charge is 0.407 e. The maximum atomic E-state index is 11.4. The van der Waals surface area contributed by atoms with E-state index in [-0.39, 0.29) is 0 Å². The topological polar surface area (TPSA) is 92.0 Å². The van der Waals surface area contributed by atoms with Gasteiger partial charge in [-0.05, 0) is 27.7 Å². The summed E-state index contributed by atoms with van der Waals surface area (Å²) in [6.45, 7) is 8.08. The molecular weight excluding hydrogens is 258 g/mol. The minimum Gasteiger partial charge on any atom is -0.444 e. The van der Waals surface area contributed by atoms with E-state index in [1.807, 2.05) is 20.8 Å². The van der Waals surface area contributed by atoms with Crippen molar-refractivity contribution in [1.29, 1.82) is 5.26 Å². The zero-order valence-corrected chi connectivity index (χ0v) is 12.6. The molecule has 0 radical (unpaired) electrons. The normalized spacial score (nSPS) is 10.8. The molecule has 0 aliphatic heterocycles. The average Bonchev–Trinajstić information content (AvgIpc) is 2.56. The van der Waals surface area contributed by atoms with Crippen molar-refractivity contribution in [2.45, 2.75) is 33.3 Å². The number of aromatic nitrogens is 2. The van der Waals surface area contributed by atoms with Gasteiger partial charge in [0, 0.05) is 20.1 Å². The molecule has 0 atom stereocenters. The van der Waals surface area contributed by atoms with Gasteiger partial charge in [-0.25, -0.2) is 4.79 Å². The monoisotopic (exact) mass is 279 g/mol. The van der Waals surface area contributed by atoms with Crippen LogP contribution < -0.4 is 10.6 Å². The van der Waals surface area contributed by atoms with Gasteiger partial charge in [0.15, 0.2) is 0 Å². The van der Waals surface area contributed by atoms with E-state index in [2.05, 4.69) is 21.8 Å². The molecule has 20 heavy (non-hydrogen) atoms. The number of carbonyl (C=O) groups excluding carboxylic acids is 1. The van der Waals surface area contributed by atoms with Crippen LogP contribution in [-0.2, 0) is 11.8 Å². The van der Waals surface area contributed by atoms with Gasteiger partial charge < -0.3 is 15.4 Å². The Labute approximate surface area is 118 Å². The lowest BCUT2D eigenvalue weighted by molar-refractivity contribution is 0.0530. The number of ether oxygens (including phenoxy) is 1. The third-order valence-electron chi connectivity index (χ3n) is 2.42. The number of alkyl carbamates (subject to hydrolysis) is 1. The van der Waals surface area contributed by atoms with Crippen LogP contribution in [0, 0.1) is 18.3 Å². The number of nitriles is 1. The Balaban J connectivity index is 2.43. The van der Waals surface area contributed by atoms with E-state index in [0.29, 0.717) is 30.2 Å². The summed E-state index contributed by atoms with van der Waals surface area (Å²) in [5, 5.41) is 18.9. The van der Waals surface area contributed by atoms with E-state index in [1.165, 1.54) is 0 Å². The Morgan fingerprint density at radius 3 is 2.65 bits per heavy atom. The molecule has 1 heterocycles. The predicted molar refractivity (Wildman–Crippen MR) is 75.4 cm³/mol. The van der Waals surface area contributed by atoms with Crippen molar-refractivity contribution >= 4 is 11.9 Å². The van der Waals surface area contributed by atoms with Crippen molar-refractivity contribution in [3.8, 4) is 6.07 Å². The van der Waals surface area contributed by atoms with Crippen LogP contribution in [0.2, 0.25) is 0 Å². The van der Waals surface area contributed by atoms with Crippen LogP contribution in [0.1, 0.15) is 32.0 Å². The van der Waals surface area contributed by atoms with Crippen LogP contribution in [0.15, 0.2) is 0 Å². The number of hydrogen-bond donors (Lipinski definition) is 2. The second-order valence-corrected chi connectivity index (χ2v) is 5.40. The standard InChI is InChI=1S/C13H21N5O2/c1-9-10(8-14)11(18(5)17-9)15-6-7-16-12(19)20-13(2,3)4/h15H,6-7H2,1-5H3,(H,16,19). The first kappa shape index (κ1) is 15.8. The van der Waals surface area contributed by atoms with Gasteiger partial charge in [0.1, 0.15) is 23.1 Å². The molecule has 1 aromatic rings. The van der Waals surface area contributed by atoms with Gasteiger partial charge in [-0.15, -0.1) is 0 Å². The number of nitrogens with zero attached hydrogens (tertiary/aromatic N) is 3. The van der Waals surface area contributed by atoms with Crippen LogP contribution in [0.25, 0.3) is 0 Å². The Kier molecular flexibility index (Phi) is 4.97. The molecule has 0 spiro atoms. The lowest BCUT2D eigenvalue weighted by Crippen LogP contribution is -2.35. The molecule has 0 fully saturated rings. The highest BCUT2D eigenvalue weighted by atomic mass is 16.6. The Hall–Kier alpha value is -2.23. The molecule has 7 heteroatoms. The highest BCUT2D eigenvalue weighted by Gasteiger charge is 2.16. The van der Waals surface area contributed by atoms with Crippen molar-refractivity contribution in [2.24, 2.45) is 7.05 Å². The van der Waals surface area contributed by atoms with Crippen LogP contribution in [-0.4, -0.2) is 34.6 Å². The molecule has 2 N–H and O–H groups in total. The molecule has 0 saturated carbocycles. The molecule has 0 saturated heterocycles. The molecule has 1 rings (SSSR count). The Morgan fingerprint density at radius 2 is 2.10 bits per heavy atom. The third kappa shape index (κ3) is 4.46. The minimum absolute atomic E-state index is 0.393. The molecule has 0 bridgehead atoms. The number of aryl methyl sites for hydroxylation is 2. The molecule has 0 aromatic carbocycles. The van der Waals surface area contributed by atoms with E-state index < -0.39 is 11.7 Å². The summed E-state index contributed by atoms with van der Waals surface area (Å²) in [5.41, 5.74) is 0.687. The summed E-state index contributed by atoms with van der Waals surface area (Å²) >= 11 is 0. The summed E-state index contributed by atoms with van der Waals surface area (Å²) in [7, 11) is 1.76. The second kappa shape index (κ2) is 6.28. The van der Waals surface area contributed by atoms with Gasteiger partial charge in [0.05, 0.1) is 5.69 Å². The predicted octanol–water partition coefficient (Wildman–Crippen LogP) is 1.54. The van der Waals surface area contributed by atoms with Crippen LogP contribution in [0.5, 0.6) is 0 Å². The molecule has 1 aromatic heterocycles. The lowest BCUT2D eigenvalue weighted by atomic mass is 10.2. The number of amides is 1. The number of nitrogens with one attached hydrogen (secondary N) is 2. The zero-order chi connectivity index (χ0) is 15.3. The third-order valence-corrected chi connectivity index (χ3v) is 2.42. The Morgan fingerprint density at radius 1 is 1.45 bits per heavy atom. The number of anilines is 1. The van der Waals surface area contributed by atoms with E-state index in [9.17, 15) is 4.79 Å². The number of rotatable bonds is 4. The van der Waals surface area contributed by atoms with E-state index in [4.69, 9.17) is 10.00 Å². The SMILES string of the molecule is Cc1nn(C)c(NCCNC(=O)OC(C)(C)C)c1C#N. The maximum absolute atomic E-state index is 11.4. The van der Waals surface area contributed by atoms with E-state index in [1.54, 1.807) is 18.7 Å². The van der Waals surface area contributed by atoms with Gasteiger partial charge >= 0.3 is 6.09 Å². The fourth-order valence-electron chi connectivity index (χ4n) is 1.65. The van der Waals surface area contributed by atoms with Gasteiger partial charge in [-0.1, -0.05) is 0 Å². The van der Waals surface area contributed by atoms with Crippen molar-refractivity contribution < 1.29 is 9.53 Å². The van der Waals surface area contributed by atoms with Crippen LogP contribution in [0.4, 0.5) is 10.6 Å². The fourth-order valence-corrected chi connectivity index (χ4v) is 1.65. The van der Waals surface area contributed by atoms with Gasteiger partial charge in [0.25, 0.3) is 0 Å². The number of hydrogen-bond acceptors (Lipinski definition) is 5. The summed E-state index contributed by atoms with van der Waals surface area (Å²) in [6, 6.07) is 2.11. The van der Waals surface area contributed by atoms with Gasteiger partial charge in [-0.3, -0.25) is 4.68 Å². The van der Waals surface area contributed by atoms with Gasteiger partial charge in [0.2, 0.25) is 0 Å². The van der Waals surface area contributed by atoms with Crippen molar-refractivity contribution in [3.63, 3.8) is 0 Å². The minimum atomic E-state index is -0.509. The molecule has 0 unspecified atom stereocenters. The summed E-state index contributed by atoms with van der Waals surface area (Å²) < 4.78 is 6.73. The van der Waals surface area contributed by atoms with Crippen molar-refractivity contribution in [2.75, 3.05) is 18.4 Å². The summed E-state index contributed by atoms with van der Waals surface area (Å²) in [6.07, 6.45) is -0.457. The summed E-state index contributed by atoms with van der Waals surface area (Å²) in [4.78, 5) is 11.4. The zero-order valence-electron chi connectivity index (χ0n) is 12.6. The first-order valence-corrected chi connectivity index (χ1v) is 6.39. The second-order valence-electron chi connectivity index (χ2n) is 5.40. The average molecular weight is 279 g/mol. The largest absolute Gasteiger partial charge is 0.444 e. The molecule has 1 amide bonds. The highest BCUT2D eigenvalue weighted by molar-refractivity contribution is 5.67. The van der Waals surface area contributed by atoms with Crippen molar-refractivity contribution in [3.05, 3.63) is 11.3 Å². The summed E-state index contributed by atoms with van der Waals surface area (Å²) in [5.74, 6) is 0.649. The molecule has 0 aliphatic carbocycles. The van der Waals surface area contributed by atoms with Crippen LogP contribution in [0.3, 0.4) is 0 Å². The Bertz CT molecular complexity index is 522. The van der Waals surface area contributed by atoms with Gasteiger partial charge in [-0.2, -0.15) is 10.4 Å². The van der Waals surface area contributed by atoms with Crippen molar-refractivity contribution in [1.82, 2.24) is 15.1 Å². The number of carbonyl (C=O) groups is 1.